The number of hydrogen-bond acceptors (Lipinski definition) is 3. The van der Waals surface area contributed by atoms with Crippen molar-refractivity contribution < 1.29 is 19.4 Å². The Bertz CT molecular complexity index is 451. The Balaban J connectivity index is 2.28. The number of ether oxygens (including phenoxy) is 1. The van der Waals surface area contributed by atoms with Crippen molar-refractivity contribution in [3.8, 4) is 5.75 Å². The highest BCUT2D eigenvalue weighted by Crippen LogP contribution is 2.15. The first kappa shape index (κ1) is 18.2. The van der Waals surface area contributed by atoms with Gasteiger partial charge in [0.05, 0.1) is 6.61 Å². The zero-order valence-electron chi connectivity index (χ0n) is 13.3. The highest BCUT2D eigenvalue weighted by atomic mass is 16.5. The van der Waals surface area contributed by atoms with Crippen LogP contribution in [0.25, 0.3) is 0 Å². The number of ketones is 1. The smallest absolute Gasteiger partial charge is 0.303 e. The average molecular weight is 306 g/mol. The van der Waals surface area contributed by atoms with Crippen molar-refractivity contribution >= 4 is 11.8 Å². The van der Waals surface area contributed by atoms with Crippen LogP contribution in [0.2, 0.25) is 0 Å². The van der Waals surface area contributed by atoms with Gasteiger partial charge in [-0.05, 0) is 43.5 Å². The lowest BCUT2D eigenvalue weighted by atomic mass is 10.0. The lowest BCUT2D eigenvalue weighted by molar-refractivity contribution is -0.137. The number of Topliss-reactive ketones (excluding diaryl/α,β-unsaturated/α-hetero) is 1. The number of hydrogen-bond donors (Lipinski definition) is 1. The summed E-state index contributed by atoms with van der Waals surface area (Å²) in [5.41, 5.74) is 0.661. The molecule has 0 amide bonds. The van der Waals surface area contributed by atoms with E-state index in [0.29, 0.717) is 31.4 Å². The summed E-state index contributed by atoms with van der Waals surface area (Å²) in [5.74, 6) is 0.0340. The van der Waals surface area contributed by atoms with Crippen molar-refractivity contribution in [1.82, 2.24) is 0 Å². The SMILES string of the molecule is CCCCCCOc1ccc(C(=O)CCCCC(=O)O)cc1. The van der Waals surface area contributed by atoms with Crippen molar-refractivity contribution in [3.05, 3.63) is 29.8 Å². The molecule has 0 atom stereocenters. The van der Waals surface area contributed by atoms with E-state index in [0.717, 1.165) is 12.2 Å². The minimum Gasteiger partial charge on any atom is -0.494 e. The third-order valence-electron chi connectivity index (χ3n) is 3.49. The molecule has 1 aromatic carbocycles. The Hall–Kier alpha value is -1.84. The van der Waals surface area contributed by atoms with Crippen LogP contribution in [0.3, 0.4) is 0 Å². The minimum absolute atomic E-state index is 0.0554. The summed E-state index contributed by atoms with van der Waals surface area (Å²) in [7, 11) is 0. The molecular formula is C18H26O4. The number of aliphatic carboxylic acids is 1. The maximum absolute atomic E-state index is 11.9. The number of carbonyl (C=O) groups excluding carboxylic acids is 1. The molecule has 0 saturated carbocycles. The monoisotopic (exact) mass is 306 g/mol. The molecule has 0 radical (unpaired) electrons. The number of carboxylic acids is 1. The van der Waals surface area contributed by atoms with Gasteiger partial charge in [0.25, 0.3) is 0 Å². The lowest BCUT2D eigenvalue weighted by Crippen LogP contribution is -2.01. The first-order chi connectivity index (χ1) is 10.6. The molecule has 1 rings (SSSR count). The summed E-state index contributed by atoms with van der Waals surface area (Å²) in [6, 6.07) is 7.20. The number of unbranched alkanes of at least 4 members (excludes halogenated alkanes) is 4. The lowest BCUT2D eigenvalue weighted by Gasteiger charge is -2.07. The van der Waals surface area contributed by atoms with Gasteiger partial charge in [0.2, 0.25) is 0 Å². The second-order valence-electron chi connectivity index (χ2n) is 5.46. The van der Waals surface area contributed by atoms with Gasteiger partial charge in [-0.2, -0.15) is 0 Å². The predicted octanol–water partition coefficient (Wildman–Crippen LogP) is 4.47. The molecule has 0 spiro atoms. The van der Waals surface area contributed by atoms with Crippen molar-refractivity contribution in [1.29, 1.82) is 0 Å². The van der Waals surface area contributed by atoms with E-state index in [2.05, 4.69) is 6.92 Å². The van der Waals surface area contributed by atoms with Crippen LogP contribution >= 0.6 is 0 Å². The number of carbonyl (C=O) groups is 2. The second kappa shape index (κ2) is 10.8. The van der Waals surface area contributed by atoms with Crippen LogP contribution in [-0.2, 0) is 4.79 Å². The molecule has 0 heterocycles. The molecular weight excluding hydrogens is 280 g/mol. The molecule has 0 aliphatic rings. The van der Waals surface area contributed by atoms with E-state index in [9.17, 15) is 9.59 Å². The maximum Gasteiger partial charge on any atom is 0.303 e. The van der Waals surface area contributed by atoms with Crippen LogP contribution in [0, 0.1) is 0 Å². The van der Waals surface area contributed by atoms with Gasteiger partial charge in [0, 0.05) is 18.4 Å². The van der Waals surface area contributed by atoms with Crippen LogP contribution in [0.5, 0.6) is 5.75 Å². The van der Waals surface area contributed by atoms with Crippen molar-refractivity contribution in [2.45, 2.75) is 58.3 Å². The van der Waals surface area contributed by atoms with Gasteiger partial charge in [0.15, 0.2) is 5.78 Å². The maximum atomic E-state index is 11.9. The van der Waals surface area contributed by atoms with Gasteiger partial charge in [-0.25, -0.2) is 0 Å². The summed E-state index contributed by atoms with van der Waals surface area (Å²) in [6.07, 6.45) is 6.35. The van der Waals surface area contributed by atoms with Gasteiger partial charge in [-0.3, -0.25) is 9.59 Å². The summed E-state index contributed by atoms with van der Waals surface area (Å²) < 4.78 is 5.64. The van der Waals surface area contributed by atoms with Gasteiger partial charge >= 0.3 is 5.97 Å². The van der Waals surface area contributed by atoms with E-state index in [-0.39, 0.29) is 12.2 Å². The fourth-order valence-electron chi connectivity index (χ4n) is 2.16. The molecule has 4 heteroatoms. The number of rotatable bonds is 12. The fourth-order valence-corrected chi connectivity index (χ4v) is 2.16. The Morgan fingerprint density at radius 2 is 1.64 bits per heavy atom. The molecule has 122 valence electrons. The quantitative estimate of drug-likeness (QED) is 0.457. The van der Waals surface area contributed by atoms with Gasteiger partial charge in [-0.1, -0.05) is 26.2 Å². The molecule has 0 aliphatic carbocycles. The van der Waals surface area contributed by atoms with Crippen molar-refractivity contribution in [2.75, 3.05) is 6.61 Å². The minimum atomic E-state index is -0.812. The highest BCUT2D eigenvalue weighted by Gasteiger charge is 2.06. The predicted molar refractivity (Wildman–Crippen MR) is 86.5 cm³/mol. The second-order valence-corrected chi connectivity index (χ2v) is 5.46. The third-order valence-corrected chi connectivity index (χ3v) is 3.49. The molecule has 0 bridgehead atoms. The standard InChI is InChI=1S/C18H26O4/c1-2-3-4-7-14-22-16-12-10-15(11-13-16)17(19)8-5-6-9-18(20)21/h10-13H,2-9,14H2,1H3,(H,20,21). The van der Waals surface area contributed by atoms with E-state index in [1.807, 2.05) is 12.1 Å². The van der Waals surface area contributed by atoms with Gasteiger partial charge < -0.3 is 9.84 Å². The Morgan fingerprint density at radius 3 is 2.27 bits per heavy atom. The molecule has 0 unspecified atom stereocenters. The summed E-state index contributed by atoms with van der Waals surface area (Å²) in [6.45, 7) is 2.89. The van der Waals surface area contributed by atoms with E-state index < -0.39 is 5.97 Å². The molecule has 0 saturated heterocycles. The van der Waals surface area contributed by atoms with Crippen LogP contribution in [0.15, 0.2) is 24.3 Å². The zero-order chi connectivity index (χ0) is 16.2. The van der Waals surface area contributed by atoms with Crippen LogP contribution in [0.4, 0.5) is 0 Å². The van der Waals surface area contributed by atoms with E-state index in [1.165, 1.54) is 19.3 Å². The largest absolute Gasteiger partial charge is 0.494 e. The normalized spacial score (nSPS) is 10.4. The molecule has 0 aromatic heterocycles. The molecule has 1 aromatic rings. The van der Waals surface area contributed by atoms with Crippen molar-refractivity contribution in [2.24, 2.45) is 0 Å². The van der Waals surface area contributed by atoms with E-state index in [4.69, 9.17) is 9.84 Å². The Morgan fingerprint density at radius 1 is 0.955 bits per heavy atom. The Kier molecular flexibility index (Phi) is 8.96. The van der Waals surface area contributed by atoms with Gasteiger partial charge in [-0.15, -0.1) is 0 Å². The van der Waals surface area contributed by atoms with E-state index >= 15 is 0 Å². The van der Waals surface area contributed by atoms with Crippen LogP contribution < -0.4 is 4.74 Å². The highest BCUT2D eigenvalue weighted by molar-refractivity contribution is 5.96. The topological polar surface area (TPSA) is 63.6 Å². The average Bonchev–Trinajstić information content (AvgIpc) is 2.51. The van der Waals surface area contributed by atoms with Crippen LogP contribution in [-0.4, -0.2) is 23.5 Å². The molecule has 0 aliphatic heterocycles. The third kappa shape index (κ3) is 7.81. The molecule has 4 nitrogen and oxygen atoms in total. The molecule has 1 N–H and O–H groups in total. The fraction of sp³-hybridized carbons (Fsp3) is 0.556. The Labute approximate surface area is 132 Å². The summed E-state index contributed by atoms with van der Waals surface area (Å²) >= 11 is 0. The van der Waals surface area contributed by atoms with Gasteiger partial charge in [0.1, 0.15) is 5.75 Å². The van der Waals surface area contributed by atoms with Crippen LogP contribution in [0.1, 0.15) is 68.6 Å². The molecule has 22 heavy (non-hydrogen) atoms. The summed E-state index contributed by atoms with van der Waals surface area (Å²) in [5, 5.41) is 8.55. The van der Waals surface area contributed by atoms with Crippen molar-refractivity contribution in [3.63, 3.8) is 0 Å². The zero-order valence-corrected chi connectivity index (χ0v) is 13.3. The number of carboxylic acid groups (broad SMARTS) is 1. The first-order valence-electron chi connectivity index (χ1n) is 8.11. The number of benzene rings is 1. The molecule has 0 fully saturated rings. The summed E-state index contributed by atoms with van der Waals surface area (Å²) in [4.78, 5) is 22.3. The van der Waals surface area contributed by atoms with E-state index in [1.54, 1.807) is 12.1 Å². The first-order valence-corrected chi connectivity index (χ1v) is 8.11.